The van der Waals surface area contributed by atoms with Crippen LogP contribution in [0.5, 0.6) is 0 Å². The monoisotopic (exact) mass is 596 g/mol. The first-order chi connectivity index (χ1) is 19.5. The van der Waals surface area contributed by atoms with Crippen LogP contribution in [0.3, 0.4) is 0 Å². The van der Waals surface area contributed by atoms with E-state index in [1.54, 1.807) is 32.6 Å². The molecule has 1 aliphatic rings. The van der Waals surface area contributed by atoms with Gasteiger partial charge in [-0.05, 0) is 72.8 Å². The Morgan fingerprint density at radius 2 is 1.64 bits per heavy atom. The zero-order valence-electron chi connectivity index (χ0n) is 27.1. The quantitative estimate of drug-likeness (QED) is 0.115. The van der Waals surface area contributed by atoms with Gasteiger partial charge in [-0.3, -0.25) is 29.3 Å². The molecule has 3 atom stereocenters. The molecular formula is C31H56N4O7. The standard InChI is InChI=1S/C31H56N4O7/c1-9-10-20-42-26(37)17-16-23(34-31(7,8)28(39)25-15-13-19-35(25)22(4)36)27(38)30(5,6)32-18-12-11-14-24(29(40)41)33-21(2)3/h21,23-25,32-34H,9-20H2,1-8H3,(H,40,41). The lowest BCUT2D eigenvalue weighted by Gasteiger charge is -2.37. The molecule has 0 bridgehead atoms. The number of esters is 1. The van der Waals surface area contributed by atoms with E-state index < -0.39 is 35.2 Å². The van der Waals surface area contributed by atoms with Crippen molar-refractivity contribution < 1.29 is 33.8 Å². The number of carboxylic acids is 1. The lowest BCUT2D eigenvalue weighted by molar-refractivity contribution is -0.144. The molecule has 242 valence electrons. The second kappa shape index (κ2) is 17.7. The Hall–Kier alpha value is -2.37. The third-order valence-corrected chi connectivity index (χ3v) is 7.76. The number of unbranched alkanes of at least 4 members (excludes halogenated alkanes) is 2. The van der Waals surface area contributed by atoms with E-state index in [1.165, 1.54) is 6.92 Å². The smallest absolute Gasteiger partial charge is 0.320 e. The first kappa shape index (κ1) is 37.7. The second-order valence-corrected chi connectivity index (χ2v) is 12.8. The zero-order valence-corrected chi connectivity index (χ0v) is 27.1. The molecule has 42 heavy (non-hydrogen) atoms. The van der Waals surface area contributed by atoms with E-state index >= 15 is 0 Å². The molecule has 0 radical (unpaired) electrons. The molecule has 1 amide bonds. The fourth-order valence-electron chi connectivity index (χ4n) is 5.35. The summed E-state index contributed by atoms with van der Waals surface area (Å²) >= 11 is 0. The first-order valence-corrected chi connectivity index (χ1v) is 15.6. The van der Waals surface area contributed by atoms with Crippen LogP contribution < -0.4 is 16.0 Å². The van der Waals surface area contributed by atoms with Gasteiger partial charge in [0.15, 0.2) is 11.6 Å². The maximum absolute atomic E-state index is 13.9. The Morgan fingerprint density at radius 1 is 0.976 bits per heavy atom. The van der Waals surface area contributed by atoms with Gasteiger partial charge >= 0.3 is 11.9 Å². The molecular weight excluding hydrogens is 540 g/mol. The van der Waals surface area contributed by atoms with Gasteiger partial charge in [0.2, 0.25) is 5.91 Å². The summed E-state index contributed by atoms with van der Waals surface area (Å²) in [4.78, 5) is 65.1. The van der Waals surface area contributed by atoms with Crippen molar-refractivity contribution in [1.29, 1.82) is 0 Å². The molecule has 1 aliphatic heterocycles. The summed E-state index contributed by atoms with van der Waals surface area (Å²) in [6, 6.07) is -1.93. The van der Waals surface area contributed by atoms with Gasteiger partial charge in [-0.2, -0.15) is 0 Å². The number of nitrogens with one attached hydrogen (secondary N) is 3. The van der Waals surface area contributed by atoms with E-state index in [9.17, 15) is 29.1 Å². The highest BCUT2D eigenvalue weighted by Crippen LogP contribution is 2.24. The molecule has 11 nitrogen and oxygen atoms in total. The van der Waals surface area contributed by atoms with Crippen LogP contribution in [0.15, 0.2) is 0 Å². The summed E-state index contributed by atoms with van der Waals surface area (Å²) in [6.07, 6.45) is 4.98. The van der Waals surface area contributed by atoms with Crippen LogP contribution in [0.2, 0.25) is 0 Å². The Kier molecular flexibility index (Phi) is 15.8. The molecule has 0 aromatic rings. The predicted octanol–water partition coefficient (Wildman–Crippen LogP) is 2.99. The average Bonchev–Trinajstić information content (AvgIpc) is 3.39. The molecule has 0 saturated carbocycles. The van der Waals surface area contributed by atoms with Crippen LogP contribution in [0, 0.1) is 0 Å². The van der Waals surface area contributed by atoms with Crippen LogP contribution in [0.25, 0.3) is 0 Å². The number of ether oxygens (including phenoxy) is 1. The van der Waals surface area contributed by atoms with Gasteiger partial charge in [0.05, 0.1) is 29.8 Å². The number of rotatable bonds is 21. The fraction of sp³-hybridized carbons (Fsp3) is 0.839. The van der Waals surface area contributed by atoms with Crippen molar-refractivity contribution in [3.8, 4) is 0 Å². The number of carbonyl (C=O) groups excluding carboxylic acids is 4. The number of carbonyl (C=O) groups is 5. The normalized spacial score (nSPS) is 17.3. The molecule has 1 rings (SSSR count). The van der Waals surface area contributed by atoms with Gasteiger partial charge in [0.1, 0.15) is 6.04 Å². The van der Waals surface area contributed by atoms with Gasteiger partial charge < -0.3 is 25.4 Å². The number of carboxylic acid groups (broad SMARTS) is 1. The lowest BCUT2D eigenvalue weighted by atomic mass is 9.86. The van der Waals surface area contributed by atoms with E-state index in [2.05, 4.69) is 16.0 Å². The van der Waals surface area contributed by atoms with Gasteiger partial charge in [0, 0.05) is 25.9 Å². The minimum atomic E-state index is -1.12. The van der Waals surface area contributed by atoms with Crippen molar-refractivity contribution in [2.45, 2.75) is 148 Å². The van der Waals surface area contributed by atoms with Crippen molar-refractivity contribution in [1.82, 2.24) is 20.9 Å². The molecule has 1 saturated heterocycles. The van der Waals surface area contributed by atoms with Crippen molar-refractivity contribution in [3.05, 3.63) is 0 Å². The highest BCUT2D eigenvalue weighted by Gasteiger charge is 2.43. The van der Waals surface area contributed by atoms with Crippen molar-refractivity contribution >= 4 is 29.4 Å². The number of hydrogen-bond donors (Lipinski definition) is 4. The molecule has 1 heterocycles. The van der Waals surface area contributed by atoms with Crippen LogP contribution in [0.1, 0.15) is 113 Å². The maximum atomic E-state index is 13.9. The number of hydrogen-bond acceptors (Lipinski definition) is 9. The van der Waals surface area contributed by atoms with Gasteiger partial charge in [-0.15, -0.1) is 0 Å². The minimum absolute atomic E-state index is 0.0237. The minimum Gasteiger partial charge on any atom is -0.480 e. The average molecular weight is 597 g/mol. The highest BCUT2D eigenvalue weighted by atomic mass is 16.5. The summed E-state index contributed by atoms with van der Waals surface area (Å²) in [5, 5.41) is 19.0. The highest BCUT2D eigenvalue weighted by molar-refractivity contribution is 5.97. The SMILES string of the molecule is CCCCOC(=O)CCC(NC(C)(C)C(=O)C1CCCN1C(C)=O)C(=O)C(C)(C)NCCCCC(NC(C)C)C(=O)O. The van der Waals surface area contributed by atoms with E-state index in [4.69, 9.17) is 4.74 Å². The van der Waals surface area contributed by atoms with Gasteiger partial charge in [-0.25, -0.2) is 0 Å². The maximum Gasteiger partial charge on any atom is 0.320 e. The van der Waals surface area contributed by atoms with Crippen molar-refractivity contribution in [2.24, 2.45) is 0 Å². The summed E-state index contributed by atoms with van der Waals surface area (Å²) in [6.45, 7) is 15.6. The van der Waals surface area contributed by atoms with Crippen LogP contribution >= 0.6 is 0 Å². The van der Waals surface area contributed by atoms with E-state index in [1.807, 2.05) is 20.8 Å². The second-order valence-electron chi connectivity index (χ2n) is 12.8. The van der Waals surface area contributed by atoms with Crippen LogP contribution in [-0.2, 0) is 28.7 Å². The molecule has 11 heteroatoms. The third kappa shape index (κ3) is 12.5. The predicted molar refractivity (Wildman–Crippen MR) is 162 cm³/mol. The molecule has 0 aromatic carbocycles. The van der Waals surface area contributed by atoms with Gasteiger partial charge in [0.25, 0.3) is 0 Å². The zero-order chi connectivity index (χ0) is 32.1. The first-order valence-electron chi connectivity index (χ1n) is 15.6. The van der Waals surface area contributed by atoms with E-state index in [-0.39, 0.29) is 42.3 Å². The number of amides is 1. The Balaban J connectivity index is 2.94. The van der Waals surface area contributed by atoms with Crippen molar-refractivity contribution in [3.63, 3.8) is 0 Å². The van der Waals surface area contributed by atoms with Gasteiger partial charge in [-0.1, -0.05) is 33.6 Å². The van der Waals surface area contributed by atoms with E-state index in [0.29, 0.717) is 45.4 Å². The summed E-state index contributed by atoms with van der Waals surface area (Å²) in [5.74, 6) is -1.77. The largest absolute Gasteiger partial charge is 0.480 e. The number of aliphatic carboxylic acids is 1. The molecule has 4 N–H and O–H groups in total. The number of ketones is 2. The Labute approximate surface area is 252 Å². The topological polar surface area (TPSA) is 154 Å². The summed E-state index contributed by atoms with van der Waals surface area (Å²) < 4.78 is 5.30. The Bertz CT molecular complexity index is 919. The molecule has 0 aliphatic carbocycles. The summed E-state index contributed by atoms with van der Waals surface area (Å²) in [7, 11) is 0. The molecule has 1 fully saturated rings. The summed E-state index contributed by atoms with van der Waals surface area (Å²) in [5.41, 5.74) is -2.11. The number of nitrogens with zero attached hydrogens (tertiary/aromatic N) is 1. The molecule has 0 spiro atoms. The third-order valence-electron chi connectivity index (χ3n) is 7.76. The van der Waals surface area contributed by atoms with E-state index in [0.717, 1.165) is 19.3 Å². The lowest BCUT2D eigenvalue weighted by Crippen LogP contribution is -2.63. The van der Waals surface area contributed by atoms with Crippen LogP contribution in [-0.4, -0.2) is 94.4 Å². The number of likely N-dealkylation sites (tertiary alicyclic amines) is 1. The fourth-order valence-corrected chi connectivity index (χ4v) is 5.35. The van der Waals surface area contributed by atoms with Crippen LogP contribution in [0.4, 0.5) is 0 Å². The molecule has 0 aromatic heterocycles. The van der Waals surface area contributed by atoms with Crippen molar-refractivity contribution in [2.75, 3.05) is 19.7 Å². The number of Topliss-reactive ketones (excluding diaryl/α,β-unsaturated/α-hetero) is 2. The Morgan fingerprint density at radius 3 is 2.21 bits per heavy atom. The molecule has 3 unspecified atom stereocenters.